The number of esters is 1. The van der Waals surface area contributed by atoms with E-state index in [2.05, 4.69) is 10.1 Å². The number of carbonyl (C=O) groups excluding carboxylic acids is 2. The minimum Gasteiger partial charge on any atom is -0.467 e. The van der Waals surface area contributed by atoms with Crippen LogP contribution in [0, 0.1) is 5.92 Å². The predicted octanol–water partition coefficient (Wildman–Crippen LogP) is -0.432. The van der Waals surface area contributed by atoms with Crippen molar-refractivity contribution in [2.45, 2.75) is 25.4 Å². The number of ether oxygens (including phenoxy) is 1. The number of carbonyl (C=O) groups is 2. The van der Waals surface area contributed by atoms with Gasteiger partial charge in [-0.2, -0.15) is 0 Å². The summed E-state index contributed by atoms with van der Waals surface area (Å²) in [5, 5.41) is 2.57. The molecule has 1 aliphatic carbocycles. The maximum atomic E-state index is 11.6. The van der Waals surface area contributed by atoms with Gasteiger partial charge in [0.1, 0.15) is 6.04 Å². The van der Waals surface area contributed by atoms with E-state index in [9.17, 15) is 9.59 Å². The molecule has 1 rings (SSSR count). The van der Waals surface area contributed by atoms with Gasteiger partial charge in [-0.15, -0.1) is 0 Å². The van der Waals surface area contributed by atoms with E-state index in [1.54, 1.807) is 19.1 Å². The number of nitrogens with one attached hydrogen (secondary N) is 1. The summed E-state index contributed by atoms with van der Waals surface area (Å²) in [6.45, 7) is 1.59. The van der Waals surface area contributed by atoms with Gasteiger partial charge in [0, 0.05) is 6.04 Å². The van der Waals surface area contributed by atoms with E-state index >= 15 is 0 Å². The molecule has 0 heterocycles. The van der Waals surface area contributed by atoms with Crippen molar-refractivity contribution >= 4 is 11.9 Å². The Bertz CT molecular complexity index is 288. The molecule has 0 aromatic carbocycles. The third kappa shape index (κ3) is 3.06. The largest absolute Gasteiger partial charge is 0.467 e. The zero-order valence-corrected chi connectivity index (χ0v) is 8.90. The monoisotopic (exact) mass is 212 g/mol. The average Bonchev–Trinajstić information content (AvgIpc) is 2.63. The minimum atomic E-state index is -0.618. The topological polar surface area (TPSA) is 81.4 Å². The summed E-state index contributed by atoms with van der Waals surface area (Å²) in [6, 6.07) is -0.679. The van der Waals surface area contributed by atoms with Crippen LogP contribution in [0.2, 0.25) is 0 Å². The van der Waals surface area contributed by atoms with E-state index in [0.29, 0.717) is 6.42 Å². The molecule has 5 nitrogen and oxygen atoms in total. The van der Waals surface area contributed by atoms with Gasteiger partial charge in [0.25, 0.3) is 0 Å². The molecule has 5 heteroatoms. The van der Waals surface area contributed by atoms with Gasteiger partial charge in [0.15, 0.2) is 0 Å². The van der Waals surface area contributed by atoms with E-state index in [1.807, 2.05) is 0 Å². The Morgan fingerprint density at radius 3 is 2.67 bits per heavy atom. The van der Waals surface area contributed by atoms with Gasteiger partial charge in [-0.1, -0.05) is 12.2 Å². The SMILES string of the molecule is COC(=O)[C@H](C)NC(=O)C1C=CC(N)C1. The molecule has 0 fully saturated rings. The molecule has 0 bridgehead atoms. The molecule has 15 heavy (non-hydrogen) atoms. The number of rotatable bonds is 3. The highest BCUT2D eigenvalue weighted by Gasteiger charge is 2.25. The minimum absolute atomic E-state index is 0.0609. The lowest BCUT2D eigenvalue weighted by Gasteiger charge is -2.14. The van der Waals surface area contributed by atoms with Crippen molar-refractivity contribution < 1.29 is 14.3 Å². The summed E-state index contributed by atoms with van der Waals surface area (Å²) in [5.74, 6) is -0.862. The molecule has 0 saturated heterocycles. The van der Waals surface area contributed by atoms with Crippen molar-refractivity contribution in [1.82, 2.24) is 5.32 Å². The van der Waals surface area contributed by atoms with Crippen LogP contribution in [0.3, 0.4) is 0 Å². The number of methoxy groups -OCH3 is 1. The second kappa shape index (κ2) is 4.93. The first-order valence-corrected chi connectivity index (χ1v) is 4.86. The summed E-state index contributed by atoms with van der Waals surface area (Å²) in [4.78, 5) is 22.6. The van der Waals surface area contributed by atoms with Crippen LogP contribution in [0.25, 0.3) is 0 Å². The Hall–Kier alpha value is -1.36. The molecule has 0 aliphatic heterocycles. The highest BCUT2D eigenvalue weighted by atomic mass is 16.5. The maximum absolute atomic E-state index is 11.6. The van der Waals surface area contributed by atoms with E-state index in [0.717, 1.165) is 0 Å². The van der Waals surface area contributed by atoms with Crippen LogP contribution in [0.1, 0.15) is 13.3 Å². The quantitative estimate of drug-likeness (QED) is 0.491. The maximum Gasteiger partial charge on any atom is 0.328 e. The molecule has 0 aromatic rings. The number of hydrogen-bond donors (Lipinski definition) is 2. The van der Waals surface area contributed by atoms with E-state index in [4.69, 9.17) is 5.73 Å². The van der Waals surface area contributed by atoms with Crippen LogP contribution in [0.5, 0.6) is 0 Å². The number of amides is 1. The zero-order valence-electron chi connectivity index (χ0n) is 8.90. The molecule has 0 radical (unpaired) electrons. The highest BCUT2D eigenvalue weighted by molar-refractivity contribution is 5.86. The number of nitrogens with two attached hydrogens (primary N) is 1. The summed E-state index contributed by atoms with van der Waals surface area (Å²) < 4.78 is 4.50. The molecule has 0 aromatic heterocycles. The van der Waals surface area contributed by atoms with Crippen molar-refractivity contribution in [3.8, 4) is 0 Å². The first-order chi connectivity index (χ1) is 7.04. The summed E-state index contributed by atoms with van der Waals surface area (Å²) in [6.07, 6.45) is 4.16. The Kier molecular flexibility index (Phi) is 3.85. The molecule has 3 N–H and O–H groups in total. The standard InChI is InChI=1S/C10H16N2O3/c1-6(10(14)15-2)12-9(13)7-3-4-8(11)5-7/h3-4,6-8H,5,11H2,1-2H3,(H,12,13)/t6-,7?,8?/m0/s1. The Morgan fingerprint density at radius 2 is 2.20 bits per heavy atom. The summed E-state index contributed by atoms with van der Waals surface area (Å²) in [7, 11) is 1.29. The van der Waals surface area contributed by atoms with Gasteiger partial charge in [-0.25, -0.2) is 4.79 Å². The molecule has 3 atom stereocenters. The molecular weight excluding hydrogens is 196 g/mol. The van der Waals surface area contributed by atoms with Gasteiger partial charge >= 0.3 is 5.97 Å². The van der Waals surface area contributed by atoms with E-state index < -0.39 is 12.0 Å². The van der Waals surface area contributed by atoms with Gasteiger partial charge in [0.2, 0.25) is 5.91 Å². The van der Waals surface area contributed by atoms with Gasteiger partial charge in [-0.3, -0.25) is 4.79 Å². The third-order valence-corrected chi connectivity index (χ3v) is 2.37. The molecule has 1 aliphatic rings. The average molecular weight is 212 g/mol. The van der Waals surface area contributed by atoms with Gasteiger partial charge < -0.3 is 15.8 Å². The summed E-state index contributed by atoms with van der Waals surface area (Å²) in [5.41, 5.74) is 5.62. The molecule has 0 saturated carbocycles. The third-order valence-electron chi connectivity index (χ3n) is 2.37. The second-order valence-electron chi connectivity index (χ2n) is 3.64. The van der Waals surface area contributed by atoms with Crippen LogP contribution < -0.4 is 11.1 Å². The van der Waals surface area contributed by atoms with Crippen LogP contribution in [-0.4, -0.2) is 31.1 Å². The predicted molar refractivity (Wildman–Crippen MR) is 54.8 cm³/mol. The van der Waals surface area contributed by atoms with Gasteiger partial charge in [0.05, 0.1) is 13.0 Å². The second-order valence-corrected chi connectivity index (χ2v) is 3.64. The first kappa shape index (κ1) is 11.7. The van der Waals surface area contributed by atoms with Crippen molar-refractivity contribution in [3.05, 3.63) is 12.2 Å². The van der Waals surface area contributed by atoms with Crippen LogP contribution >= 0.6 is 0 Å². The lowest BCUT2D eigenvalue weighted by Crippen LogP contribution is -2.42. The molecule has 84 valence electrons. The number of hydrogen-bond acceptors (Lipinski definition) is 4. The molecule has 2 unspecified atom stereocenters. The molecular formula is C10H16N2O3. The summed E-state index contributed by atoms with van der Waals surface area (Å²) >= 11 is 0. The Labute approximate surface area is 88.7 Å². The molecule has 1 amide bonds. The van der Waals surface area contributed by atoms with E-state index in [-0.39, 0.29) is 17.9 Å². The fourth-order valence-electron chi connectivity index (χ4n) is 1.48. The highest BCUT2D eigenvalue weighted by Crippen LogP contribution is 2.16. The normalized spacial score (nSPS) is 26.1. The zero-order chi connectivity index (χ0) is 11.4. The van der Waals surface area contributed by atoms with Gasteiger partial charge in [-0.05, 0) is 13.3 Å². The van der Waals surface area contributed by atoms with Crippen LogP contribution in [-0.2, 0) is 14.3 Å². The van der Waals surface area contributed by atoms with Crippen molar-refractivity contribution in [1.29, 1.82) is 0 Å². The van der Waals surface area contributed by atoms with Crippen molar-refractivity contribution in [2.75, 3.05) is 7.11 Å². The fraction of sp³-hybridized carbons (Fsp3) is 0.600. The van der Waals surface area contributed by atoms with Crippen molar-refractivity contribution in [3.63, 3.8) is 0 Å². The lowest BCUT2D eigenvalue weighted by molar-refractivity contribution is -0.144. The van der Waals surface area contributed by atoms with E-state index in [1.165, 1.54) is 7.11 Å². The fourth-order valence-corrected chi connectivity index (χ4v) is 1.48. The first-order valence-electron chi connectivity index (χ1n) is 4.86. The smallest absolute Gasteiger partial charge is 0.328 e. The van der Waals surface area contributed by atoms with Crippen LogP contribution in [0.15, 0.2) is 12.2 Å². The molecule has 0 spiro atoms. The Balaban J connectivity index is 2.42. The lowest BCUT2D eigenvalue weighted by atomic mass is 10.1. The van der Waals surface area contributed by atoms with Crippen LogP contribution in [0.4, 0.5) is 0 Å². The van der Waals surface area contributed by atoms with Crippen molar-refractivity contribution in [2.24, 2.45) is 11.7 Å². The Morgan fingerprint density at radius 1 is 1.53 bits per heavy atom.